The second kappa shape index (κ2) is 12.1. The highest BCUT2D eigenvalue weighted by Crippen LogP contribution is 2.51. The molecule has 0 fully saturated rings. The van der Waals surface area contributed by atoms with E-state index in [1.54, 1.807) is 0 Å². The Morgan fingerprint density at radius 3 is 2.02 bits per heavy atom. The Labute approximate surface area is 298 Å². The number of amidine groups is 2. The normalized spacial score (nSPS) is 15.6. The third-order valence-corrected chi connectivity index (χ3v) is 10.4. The van der Waals surface area contributed by atoms with Gasteiger partial charge in [0.05, 0.1) is 11.6 Å². The first-order valence-electron chi connectivity index (χ1n) is 17.3. The lowest BCUT2D eigenvalue weighted by Crippen LogP contribution is -2.34. The van der Waals surface area contributed by atoms with Gasteiger partial charge in [-0.3, -0.25) is 0 Å². The molecule has 0 aromatic heterocycles. The third kappa shape index (κ3) is 5.14. The summed E-state index contributed by atoms with van der Waals surface area (Å²) in [6.45, 7) is 4.51. The first-order valence-corrected chi connectivity index (χ1v) is 17.3. The van der Waals surface area contributed by atoms with Crippen molar-refractivity contribution in [1.29, 1.82) is 5.26 Å². The molecule has 0 amide bonds. The Kier molecular flexibility index (Phi) is 7.22. The second-order valence-corrected chi connectivity index (χ2v) is 13.7. The average molecular weight is 655 g/mol. The maximum Gasteiger partial charge on any atom is 0.159 e. The molecule has 0 bridgehead atoms. The van der Waals surface area contributed by atoms with Crippen LogP contribution in [0, 0.1) is 11.3 Å². The zero-order valence-corrected chi connectivity index (χ0v) is 28.4. The molecular weight excluding hydrogens is 621 g/mol. The zero-order chi connectivity index (χ0) is 34.5. The minimum absolute atomic E-state index is 0.193. The lowest BCUT2D eigenvalue weighted by Gasteiger charge is -2.26. The number of rotatable bonds is 5. The molecule has 0 saturated carbocycles. The first kappa shape index (κ1) is 30.5. The van der Waals surface area contributed by atoms with Gasteiger partial charge in [-0.05, 0) is 61.8 Å². The Morgan fingerprint density at radius 1 is 0.588 bits per heavy atom. The first-order chi connectivity index (χ1) is 25.0. The number of nitrogens with zero attached hydrogens (tertiary/aromatic N) is 3. The molecule has 4 heteroatoms. The van der Waals surface area contributed by atoms with E-state index in [1.165, 1.54) is 11.1 Å². The van der Waals surface area contributed by atoms with Crippen LogP contribution in [0.3, 0.4) is 0 Å². The van der Waals surface area contributed by atoms with E-state index in [2.05, 4.69) is 134 Å². The molecule has 4 nitrogen and oxygen atoms in total. The maximum atomic E-state index is 9.87. The molecule has 1 heterocycles. The molecule has 7 aromatic rings. The van der Waals surface area contributed by atoms with Gasteiger partial charge in [0.2, 0.25) is 0 Å². The number of hydrogen-bond acceptors (Lipinski definition) is 4. The highest BCUT2D eigenvalue weighted by atomic mass is 15.2. The van der Waals surface area contributed by atoms with E-state index < -0.39 is 0 Å². The standard InChI is InChI=1S/C47H34N4/c1-47(2)40-19-11-17-36(29-48)42(40)39-27-25-35(28-41(39)47)30-20-22-32(23-21-30)38-26-24-31-12-9-10-18-37(31)43(38)46-50-44(33-13-5-3-6-14-33)49-45(51-46)34-15-7-4-8-16-34/h3-28,46H,1-2H3,(H,49,50,51). The number of benzene rings is 7. The molecule has 2 aliphatic rings. The van der Waals surface area contributed by atoms with Crippen LogP contribution in [0.4, 0.5) is 0 Å². The van der Waals surface area contributed by atoms with Gasteiger partial charge in [0.25, 0.3) is 0 Å². The van der Waals surface area contributed by atoms with E-state index in [1.807, 2.05) is 48.5 Å². The van der Waals surface area contributed by atoms with Gasteiger partial charge in [-0.2, -0.15) is 5.26 Å². The summed E-state index contributed by atoms with van der Waals surface area (Å²) < 4.78 is 0. The third-order valence-electron chi connectivity index (χ3n) is 10.4. The van der Waals surface area contributed by atoms with Crippen LogP contribution in [0.15, 0.2) is 168 Å². The van der Waals surface area contributed by atoms with Crippen LogP contribution in [0.2, 0.25) is 0 Å². The van der Waals surface area contributed by atoms with Gasteiger partial charge >= 0.3 is 0 Å². The summed E-state index contributed by atoms with van der Waals surface area (Å²) in [6, 6.07) is 57.5. The fraction of sp³-hybridized carbons (Fsp3) is 0.0851. The maximum absolute atomic E-state index is 9.87. The topological polar surface area (TPSA) is 60.5 Å². The molecule has 0 spiro atoms. The SMILES string of the molecule is CC1(C)c2cc(-c3ccc(-c4ccc5ccccc5c4C4N=C(c5ccccc5)N=C(c5ccccc5)N4)cc3)ccc2-c2c(C#N)cccc21. The van der Waals surface area contributed by atoms with Gasteiger partial charge in [-0.15, -0.1) is 0 Å². The number of nitrogens with one attached hydrogen (secondary N) is 1. The number of nitriles is 1. The predicted octanol–water partition coefficient (Wildman–Crippen LogP) is 10.8. The molecule has 1 atom stereocenters. The summed E-state index contributed by atoms with van der Waals surface area (Å²) >= 11 is 0. The van der Waals surface area contributed by atoms with Crippen molar-refractivity contribution in [3.63, 3.8) is 0 Å². The summed E-state index contributed by atoms with van der Waals surface area (Å²) in [5, 5.41) is 15.9. The van der Waals surface area contributed by atoms with Crippen LogP contribution in [0.1, 0.15) is 53.4 Å². The van der Waals surface area contributed by atoms with Gasteiger partial charge in [0, 0.05) is 27.7 Å². The predicted molar refractivity (Wildman–Crippen MR) is 209 cm³/mol. The Morgan fingerprint density at radius 2 is 1.25 bits per heavy atom. The van der Waals surface area contributed by atoms with Gasteiger partial charge < -0.3 is 5.32 Å². The van der Waals surface area contributed by atoms with Crippen molar-refractivity contribution in [2.75, 3.05) is 0 Å². The number of hydrogen-bond donors (Lipinski definition) is 1. The van der Waals surface area contributed by atoms with E-state index in [9.17, 15) is 5.26 Å². The quantitative estimate of drug-likeness (QED) is 0.201. The fourth-order valence-electron chi connectivity index (χ4n) is 7.80. The van der Waals surface area contributed by atoms with E-state index >= 15 is 0 Å². The van der Waals surface area contributed by atoms with Crippen LogP contribution < -0.4 is 5.32 Å². The molecule has 51 heavy (non-hydrogen) atoms. The van der Waals surface area contributed by atoms with E-state index in [4.69, 9.17) is 9.98 Å². The Balaban J connectivity index is 1.14. The minimum atomic E-state index is -0.368. The fourth-order valence-corrected chi connectivity index (χ4v) is 7.80. The monoisotopic (exact) mass is 654 g/mol. The van der Waals surface area contributed by atoms with Gasteiger partial charge in [0.15, 0.2) is 5.84 Å². The molecular formula is C47H34N4. The minimum Gasteiger partial charge on any atom is -0.344 e. The average Bonchev–Trinajstić information content (AvgIpc) is 3.43. The van der Waals surface area contributed by atoms with Crippen molar-refractivity contribution in [2.24, 2.45) is 9.98 Å². The highest BCUT2D eigenvalue weighted by molar-refractivity contribution is 6.13. The van der Waals surface area contributed by atoms with Crippen LogP contribution >= 0.6 is 0 Å². The molecule has 242 valence electrons. The molecule has 7 aromatic carbocycles. The summed E-state index contributed by atoms with van der Waals surface area (Å²) in [4.78, 5) is 10.3. The second-order valence-electron chi connectivity index (χ2n) is 13.7. The van der Waals surface area contributed by atoms with Crippen LogP contribution in [-0.2, 0) is 5.41 Å². The van der Waals surface area contributed by atoms with Crippen molar-refractivity contribution < 1.29 is 0 Å². The van der Waals surface area contributed by atoms with Crippen LogP contribution in [-0.4, -0.2) is 11.7 Å². The van der Waals surface area contributed by atoms with Crippen molar-refractivity contribution in [3.8, 4) is 39.4 Å². The van der Waals surface area contributed by atoms with Gasteiger partial charge in [-0.25, -0.2) is 9.98 Å². The Bertz CT molecular complexity index is 2570. The summed E-state index contributed by atoms with van der Waals surface area (Å²) in [5.74, 6) is 1.50. The van der Waals surface area contributed by atoms with E-state index in [0.29, 0.717) is 5.84 Å². The summed E-state index contributed by atoms with van der Waals surface area (Å²) in [5.41, 5.74) is 12.9. The molecule has 1 aliphatic heterocycles. The molecule has 0 radical (unpaired) electrons. The zero-order valence-electron chi connectivity index (χ0n) is 28.4. The summed E-state index contributed by atoms with van der Waals surface area (Å²) in [7, 11) is 0. The summed E-state index contributed by atoms with van der Waals surface area (Å²) in [6.07, 6.45) is -0.368. The molecule has 9 rings (SSSR count). The van der Waals surface area contributed by atoms with Crippen molar-refractivity contribution >= 4 is 22.4 Å². The van der Waals surface area contributed by atoms with Crippen LogP contribution in [0.25, 0.3) is 44.2 Å². The molecule has 1 unspecified atom stereocenters. The largest absolute Gasteiger partial charge is 0.344 e. The van der Waals surface area contributed by atoms with Crippen molar-refractivity contribution in [1.82, 2.24) is 5.32 Å². The lowest BCUT2D eigenvalue weighted by atomic mass is 9.81. The van der Waals surface area contributed by atoms with Gasteiger partial charge in [0.1, 0.15) is 12.0 Å². The van der Waals surface area contributed by atoms with Crippen molar-refractivity contribution in [3.05, 3.63) is 191 Å². The van der Waals surface area contributed by atoms with E-state index in [0.717, 1.165) is 72.2 Å². The molecule has 1 N–H and O–H groups in total. The highest BCUT2D eigenvalue weighted by Gasteiger charge is 2.37. The lowest BCUT2D eigenvalue weighted by molar-refractivity contribution is 0.660. The smallest absolute Gasteiger partial charge is 0.159 e. The molecule has 1 aliphatic carbocycles. The van der Waals surface area contributed by atoms with Crippen molar-refractivity contribution in [2.45, 2.75) is 25.4 Å². The number of fused-ring (bicyclic) bond motifs is 4. The molecule has 0 saturated heterocycles. The van der Waals surface area contributed by atoms with E-state index in [-0.39, 0.29) is 11.6 Å². The van der Waals surface area contributed by atoms with Gasteiger partial charge in [-0.1, -0.05) is 159 Å². The van der Waals surface area contributed by atoms with Crippen LogP contribution in [0.5, 0.6) is 0 Å². The Hall–Kier alpha value is -6.57. The number of aliphatic imine (C=N–C) groups is 2.